The first kappa shape index (κ1) is 15.4. The number of benzene rings is 1. The molecular formula is C16H22N2O3. The fourth-order valence-electron chi connectivity index (χ4n) is 2.42. The van der Waals surface area contributed by atoms with Gasteiger partial charge >= 0.3 is 6.09 Å². The SMILES string of the molecule is CC(=O)N1CCCc2cc(NC(=O)OC(C)(C)C)ccc21. The molecule has 1 aromatic rings. The highest BCUT2D eigenvalue weighted by Crippen LogP contribution is 2.29. The molecule has 5 heteroatoms. The monoisotopic (exact) mass is 290 g/mol. The van der Waals surface area contributed by atoms with Crippen LogP contribution in [0.4, 0.5) is 16.2 Å². The van der Waals surface area contributed by atoms with Crippen molar-refractivity contribution in [3.63, 3.8) is 0 Å². The van der Waals surface area contributed by atoms with Crippen LogP contribution in [0.5, 0.6) is 0 Å². The molecule has 1 heterocycles. The first-order chi connectivity index (χ1) is 9.76. The fourth-order valence-corrected chi connectivity index (χ4v) is 2.42. The second-order valence-electron chi connectivity index (χ2n) is 6.24. The number of carbonyl (C=O) groups excluding carboxylic acids is 2. The van der Waals surface area contributed by atoms with Crippen LogP contribution in [0, 0.1) is 0 Å². The Kier molecular flexibility index (Phi) is 4.21. The molecule has 0 bridgehead atoms. The van der Waals surface area contributed by atoms with Crippen molar-refractivity contribution in [1.82, 2.24) is 0 Å². The molecule has 2 rings (SSSR count). The number of hydrogen-bond acceptors (Lipinski definition) is 3. The molecule has 5 nitrogen and oxygen atoms in total. The maximum absolute atomic E-state index is 11.8. The van der Waals surface area contributed by atoms with Crippen molar-refractivity contribution in [2.75, 3.05) is 16.8 Å². The summed E-state index contributed by atoms with van der Waals surface area (Å²) in [4.78, 5) is 25.2. The Balaban J connectivity index is 2.14. The Hall–Kier alpha value is -2.04. The van der Waals surface area contributed by atoms with Crippen LogP contribution in [0.1, 0.15) is 39.7 Å². The summed E-state index contributed by atoms with van der Waals surface area (Å²) < 4.78 is 5.23. The number of rotatable bonds is 1. The zero-order valence-electron chi connectivity index (χ0n) is 13.0. The molecule has 21 heavy (non-hydrogen) atoms. The van der Waals surface area contributed by atoms with Gasteiger partial charge in [-0.2, -0.15) is 0 Å². The quantitative estimate of drug-likeness (QED) is 0.863. The standard InChI is InChI=1S/C16H22N2O3/c1-11(19)18-9-5-6-12-10-13(7-8-14(12)18)17-15(20)21-16(2,3)4/h7-8,10H,5-6,9H2,1-4H3,(H,17,20). The molecule has 0 saturated heterocycles. The third-order valence-electron chi connectivity index (χ3n) is 3.22. The molecule has 0 spiro atoms. The highest BCUT2D eigenvalue weighted by atomic mass is 16.6. The number of hydrogen-bond donors (Lipinski definition) is 1. The van der Waals surface area contributed by atoms with Gasteiger partial charge in [-0.3, -0.25) is 10.1 Å². The Labute approximate surface area is 125 Å². The molecule has 1 N–H and O–H groups in total. The molecule has 114 valence electrons. The van der Waals surface area contributed by atoms with Crippen LogP contribution in [-0.4, -0.2) is 24.1 Å². The lowest BCUT2D eigenvalue weighted by atomic mass is 10.0. The summed E-state index contributed by atoms with van der Waals surface area (Å²) in [7, 11) is 0. The highest BCUT2D eigenvalue weighted by Gasteiger charge is 2.21. The Morgan fingerprint density at radius 1 is 1.29 bits per heavy atom. The summed E-state index contributed by atoms with van der Waals surface area (Å²) in [6.45, 7) is 7.79. The van der Waals surface area contributed by atoms with Crippen molar-refractivity contribution in [1.29, 1.82) is 0 Å². The van der Waals surface area contributed by atoms with Crippen molar-refractivity contribution in [2.24, 2.45) is 0 Å². The van der Waals surface area contributed by atoms with E-state index < -0.39 is 11.7 Å². The van der Waals surface area contributed by atoms with E-state index in [-0.39, 0.29) is 5.91 Å². The van der Waals surface area contributed by atoms with E-state index in [1.54, 1.807) is 17.9 Å². The van der Waals surface area contributed by atoms with Crippen molar-refractivity contribution in [2.45, 2.75) is 46.1 Å². The molecular weight excluding hydrogens is 268 g/mol. The van der Waals surface area contributed by atoms with Gasteiger partial charge in [0, 0.05) is 24.8 Å². The zero-order valence-corrected chi connectivity index (χ0v) is 13.0. The van der Waals surface area contributed by atoms with Gasteiger partial charge in [0.2, 0.25) is 5.91 Å². The first-order valence-electron chi connectivity index (χ1n) is 7.17. The number of aryl methyl sites for hydroxylation is 1. The van der Waals surface area contributed by atoms with Gasteiger partial charge in [0.05, 0.1) is 0 Å². The maximum Gasteiger partial charge on any atom is 0.412 e. The number of nitrogens with one attached hydrogen (secondary N) is 1. The van der Waals surface area contributed by atoms with Crippen LogP contribution >= 0.6 is 0 Å². The summed E-state index contributed by atoms with van der Waals surface area (Å²) in [6.07, 6.45) is 1.37. The van der Waals surface area contributed by atoms with Gasteiger partial charge in [-0.1, -0.05) is 0 Å². The lowest BCUT2D eigenvalue weighted by Gasteiger charge is -2.29. The Morgan fingerprint density at radius 2 is 2.00 bits per heavy atom. The maximum atomic E-state index is 11.8. The topological polar surface area (TPSA) is 58.6 Å². The van der Waals surface area contributed by atoms with E-state index in [2.05, 4.69) is 5.32 Å². The summed E-state index contributed by atoms with van der Waals surface area (Å²) in [5.74, 6) is 0.0452. The Bertz CT molecular complexity index is 561. The molecule has 0 saturated carbocycles. The molecule has 1 aliphatic heterocycles. The van der Waals surface area contributed by atoms with E-state index in [1.807, 2.05) is 32.9 Å². The summed E-state index contributed by atoms with van der Waals surface area (Å²) >= 11 is 0. The summed E-state index contributed by atoms with van der Waals surface area (Å²) in [6, 6.07) is 5.58. The highest BCUT2D eigenvalue weighted by molar-refractivity contribution is 5.93. The number of amides is 2. The van der Waals surface area contributed by atoms with E-state index in [0.29, 0.717) is 5.69 Å². The fraction of sp³-hybridized carbons (Fsp3) is 0.500. The van der Waals surface area contributed by atoms with Gasteiger partial charge in [0.25, 0.3) is 0 Å². The summed E-state index contributed by atoms with van der Waals surface area (Å²) in [5, 5.41) is 2.73. The molecule has 0 unspecified atom stereocenters. The van der Waals surface area contributed by atoms with Gasteiger partial charge in [-0.25, -0.2) is 4.79 Å². The molecule has 1 aromatic carbocycles. The van der Waals surface area contributed by atoms with Crippen molar-refractivity contribution < 1.29 is 14.3 Å². The number of ether oxygens (including phenoxy) is 1. The predicted molar refractivity (Wildman–Crippen MR) is 82.6 cm³/mol. The minimum Gasteiger partial charge on any atom is -0.444 e. The van der Waals surface area contributed by atoms with E-state index in [1.165, 1.54) is 0 Å². The van der Waals surface area contributed by atoms with Gasteiger partial charge in [-0.05, 0) is 57.4 Å². The van der Waals surface area contributed by atoms with Gasteiger partial charge < -0.3 is 9.64 Å². The molecule has 0 atom stereocenters. The van der Waals surface area contributed by atoms with Crippen LogP contribution in [0.15, 0.2) is 18.2 Å². The normalized spacial score (nSPS) is 14.4. The third kappa shape index (κ3) is 3.97. The van der Waals surface area contributed by atoms with Crippen LogP contribution < -0.4 is 10.2 Å². The smallest absolute Gasteiger partial charge is 0.412 e. The van der Waals surface area contributed by atoms with Crippen molar-refractivity contribution in [3.05, 3.63) is 23.8 Å². The number of carbonyl (C=O) groups is 2. The van der Waals surface area contributed by atoms with Crippen molar-refractivity contribution >= 4 is 23.4 Å². The van der Waals surface area contributed by atoms with E-state index in [4.69, 9.17) is 4.74 Å². The van der Waals surface area contributed by atoms with Gasteiger partial charge in [0.1, 0.15) is 5.60 Å². The molecule has 0 fully saturated rings. The first-order valence-corrected chi connectivity index (χ1v) is 7.17. The van der Waals surface area contributed by atoms with E-state index >= 15 is 0 Å². The van der Waals surface area contributed by atoms with E-state index in [9.17, 15) is 9.59 Å². The average Bonchev–Trinajstić information content (AvgIpc) is 2.35. The zero-order chi connectivity index (χ0) is 15.6. The van der Waals surface area contributed by atoms with Crippen LogP contribution in [0.2, 0.25) is 0 Å². The lowest BCUT2D eigenvalue weighted by molar-refractivity contribution is -0.116. The second-order valence-corrected chi connectivity index (χ2v) is 6.24. The minimum atomic E-state index is -0.524. The van der Waals surface area contributed by atoms with Crippen LogP contribution in [0.3, 0.4) is 0 Å². The number of nitrogens with zero attached hydrogens (tertiary/aromatic N) is 1. The summed E-state index contributed by atoms with van der Waals surface area (Å²) in [5.41, 5.74) is 2.17. The molecule has 2 amide bonds. The van der Waals surface area contributed by atoms with Gasteiger partial charge in [-0.15, -0.1) is 0 Å². The van der Waals surface area contributed by atoms with Gasteiger partial charge in [0.15, 0.2) is 0 Å². The minimum absolute atomic E-state index is 0.0452. The number of fused-ring (bicyclic) bond motifs is 1. The molecule has 0 aromatic heterocycles. The van der Waals surface area contributed by atoms with E-state index in [0.717, 1.165) is 30.6 Å². The molecule has 0 aliphatic carbocycles. The molecule has 1 aliphatic rings. The lowest BCUT2D eigenvalue weighted by Crippen LogP contribution is -2.33. The Morgan fingerprint density at radius 3 is 2.62 bits per heavy atom. The predicted octanol–water partition coefficient (Wildman–Crippen LogP) is 3.33. The number of anilines is 2. The third-order valence-corrected chi connectivity index (χ3v) is 3.22. The van der Waals surface area contributed by atoms with Crippen molar-refractivity contribution in [3.8, 4) is 0 Å². The van der Waals surface area contributed by atoms with Crippen LogP contribution in [0.25, 0.3) is 0 Å². The largest absolute Gasteiger partial charge is 0.444 e. The van der Waals surface area contributed by atoms with Crippen LogP contribution in [-0.2, 0) is 16.0 Å². The average molecular weight is 290 g/mol. The molecule has 0 radical (unpaired) electrons. The second kappa shape index (κ2) is 5.76.